The third-order valence-corrected chi connectivity index (χ3v) is 2.57. The Hall–Kier alpha value is -2.84. The molecule has 0 bridgehead atoms. The molecule has 0 spiro atoms. The van der Waals surface area contributed by atoms with Gasteiger partial charge in [0.2, 0.25) is 0 Å². The number of ether oxygens (including phenoxy) is 1. The Bertz CT molecular complexity index is 660. The first kappa shape index (κ1) is 14.6. The summed E-state index contributed by atoms with van der Waals surface area (Å²) < 4.78 is 5.43. The molecule has 1 heterocycles. The molecule has 0 fully saturated rings. The Morgan fingerprint density at radius 3 is 2.86 bits per heavy atom. The molecule has 0 atom stereocenters. The molecule has 1 aromatic carbocycles. The number of aromatic nitrogens is 1. The van der Waals surface area contributed by atoms with Crippen LogP contribution >= 0.6 is 0 Å². The lowest BCUT2D eigenvalue weighted by Crippen LogP contribution is -2.08. The van der Waals surface area contributed by atoms with Gasteiger partial charge in [0, 0.05) is 12.4 Å². The van der Waals surface area contributed by atoms with E-state index >= 15 is 0 Å². The summed E-state index contributed by atoms with van der Waals surface area (Å²) in [6.45, 7) is 0.749. The van der Waals surface area contributed by atoms with Crippen molar-refractivity contribution in [3.05, 3.63) is 59.9 Å². The molecule has 0 aliphatic rings. The van der Waals surface area contributed by atoms with Crippen molar-refractivity contribution in [2.24, 2.45) is 0 Å². The van der Waals surface area contributed by atoms with E-state index in [4.69, 9.17) is 9.84 Å². The highest BCUT2D eigenvalue weighted by Gasteiger charge is 2.02. The lowest BCUT2D eigenvalue weighted by Gasteiger charge is -2.02. The number of nitrogens with one attached hydrogen (secondary N) is 1. The van der Waals surface area contributed by atoms with Crippen LogP contribution in [-0.4, -0.2) is 22.8 Å². The fourth-order valence-electron chi connectivity index (χ4n) is 1.64. The predicted octanol–water partition coefficient (Wildman–Crippen LogP) is 2.74. The molecule has 0 aliphatic carbocycles. The molecule has 2 rings (SSSR count). The summed E-state index contributed by atoms with van der Waals surface area (Å²) in [6.07, 6.45) is 1.88. The highest BCUT2D eigenvalue weighted by Crippen LogP contribution is 2.11. The van der Waals surface area contributed by atoms with Crippen molar-refractivity contribution in [2.45, 2.75) is 6.61 Å². The second-order valence-corrected chi connectivity index (χ2v) is 4.13. The Labute approximate surface area is 122 Å². The Balaban J connectivity index is 1.89. The first-order valence-corrected chi connectivity index (χ1v) is 6.30. The average molecular weight is 282 g/mol. The number of amides is 1. The largest absolute Gasteiger partial charge is 0.465 e. The van der Waals surface area contributed by atoms with E-state index in [-0.39, 0.29) is 6.61 Å². The number of benzene rings is 1. The molecule has 1 aromatic heterocycles. The van der Waals surface area contributed by atoms with Crippen LogP contribution in [0.2, 0.25) is 0 Å². The molecule has 1 amide bonds. The number of pyridine rings is 1. The molecule has 0 radical (unpaired) electrons. The summed E-state index contributed by atoms with van der Waals surface area (Å²) in [7, 11) is 0. The Morgan fingerprint density at radius 2 is 2.10 bits per heavy atom. The summed E-state index contributed by atoms with van der Waals surface area (Å²) in [4.78, 5) is 14.6. The van der Waals surface area contributed by atoms with E-state index in [1.165, 1.54) is 12.4 Å². The predicted molar refractivity (Wildman–Crippen MR) is 78.9 cm³/mol. The van der Waals surface area contributed by atoms with Crippen molar-refractivity contribution in [1.29, 1.82) is 0 Å². The summed E-state index contributed by atoms with van der Waals surface area (Å²) in [5, 5.41) is 11.0. The molecule has 106 valence electrons. The van der Waals surface area contributed by atoms with Crippen molar-refractivity contribution in [1.82, 2.24) is 4.98 Å². The second-order valence-electron chi connectivity index (χ2n) is 4.13. The van der Waals surface area contributed by atoms with Crippen LogP contribution in [0.5, 0.6) is 0 Å². The summed E-state index contributed by atoms with van der Waals surface area (Å²) in [6, 6.07) is 11.4. The van der Waals surface area contributed by atoms with Gasteiger partial charge in [-0.2, -0.15) is 0 Å². The summed E-state index contributed by atoms with van der Waals surface area (Å²) in [5.41, 5.74) is 2.00. The standard InChI is InChI=1S/C16H14N2O3/c19-16(20)18-15-8-9-17-11-14(15)7-4-10-21-12-13-5-2-1-3-6-13/h1-3,5-6,8-9,11H,10,12H2,(H,17,18)(H,19,20). The second kappa shape index (κ2) is 7.68. The van der Waals surface area contributed by atoms with E-state index in [0.29, 0.717) is 17.9 Å². The van der Waals surface area contributed by atoms with Gasteiger partial charge in [0.1, 0.15) is 6.61 Å². The van der Waals surface area contributed by atoms with Crippen LogP contribution in [0.1, 0.15) is 11.1 Å². The molecule has 5 heteroatoms. The van der Waals surface area contributed by atoms with Crippen LogP contribution in [0.4, 0.5) is 10.5 Å². The van der Waals surface area contributed by atoms with Gasteiger partial charge >= 0.3 is 6.09 Å². The minimum atomic E-state index is -1.13. The van der Waals surface area contributed by atoms with Crippen molar-refractivity contribution in [3.8, 4) is 11.8 Å². The number of carbonyl (C=O) groups is 1. The highest BCUT2D eigenvalue weighted by molar-refractivity contribution is 5.84. The molecule has 2 N–H and O–H groups in total. The molecular formula is C16H14N2O3. The Morgan fingerprint density at radius 1 is 1.29 bits per heavy atom. The van der Waals surface area contributed by atoms with Crippen molar-refractivity contribution in [3.63, 3.8) is 0 Å². The number of anilines is 1. The van der Waals surface area contributed by atoms with Crippen LogP contribution in [0.15, 0.2) is 48.8 Å². The van der Waals surface area contributed by atoms with Crippen LogP contribution < -0.4 is 5.32 Å². The average Bonchev–Trinajstić information content (AvgIpc) is 2.49. The van der Waals surface area contributed by atoms with Gasteiger partial charge in [-0.3, -0.25) is 10.3 Å². The molecule has 5 nitrogen and oxygen atoms in total. The van der Waals surface area contributed by atoms with E-state index in [2.05, 4.69) is 22.1 Å². The van der Waals surface area contributed by atoms with Crippen molar-refractivity contribution in [2.75, 3.05) is 11.9 Å². The summed E-state index contributed by atoms with van der Waals surface area (Å²) in [5.74, 6) is 5.68. The van der Waals surface area contributed by atoms with Crippen LogP contribution in [0, 0.1) is 11.8 Å². The first-order valence-electron chi connectivity index (χ1n) is 6.30. The Kier molecular flexibility index (Phi) is 5.33. The number of carboxylic acid groups (broad SMARTS) is 1. The first-order chi connectivity index (χ1) is 10.3. The van der Waals surface area contributed by atoms with Gasteiger partial charge < -0.3 is 9.84 Å². The zero-order chi connectivity index (χ0) is 14.9. The fourth-order valence-corrected chi connectivity index (χ4v) is 1.64. The molecule has 0 saturated heterocycles. The zero-order valence-corrected chi connectivity index (χ0v) is 11.2. The molecule has 0 aliphatic heterocycles. The van der Waals surface area contributed by atoms with Crippen molar-refractivity contribution < 1.29 is 14.6 Å². The maximum Gasteiger partial charge on any atom is 0.409 e. The van der Waals surface area contributed by atoms with Crippen molar-refractivity contribution >= 4 is 11.8 Å². The smallest absolute Gasteiger partial charge is 0.409 e. The number of hydrogen-bond donors (Lipinski definition) is 2. The van der Waals surface area contributed by atoms with Crippen LogP contribution in [0.25, 0.3) is 0 Å². The summed E-state index contributed by atoms with van der Waals surface area (Å²) >= 11 is 0. The van der Waals surface area contributed by atoms with Gasteiger partial charge in [0.05, 0.1) is 17.9 Å². The van der Waals surface area contributed by atoms with E-state index in [9.17, 15) is 4.79 Å². The van der Waals surface area contributed by atoms with E-state index in [1.54, 1.807) is 6.07 Å². The monoisotopic (exact) mass is 282 g/mol. The minimum absolute atomic E-state index is 0.260. The number of rotatable bonds is 4. The van der Waals surface area contributed by atoms with Gasteiger partial charge in [-0.05, 0) is 11.6 Å². The van der Waals surface area contributed by atoms with E-state index < -0.39 is 6.09 Å². The van der Waals surface area contributed by atoms with Gasteiger partial charge in [-0.25, -0.2) is 4.79 Å². The number of hydrogen-bond acceptors (Lipinski definition) is 3. The molecule has 21 heavy (non-hydrogen) atoms. The topological polar surface area (TPSA) is 71.5 Å². The van der Waals surface area contributed by atoms with Crippen LogP contribution in [-0.2, 0) is 11.3 Å². The van der Waals surface area contributed by atoms with Gasteiger partial charge in [0.25, 0.3) is 0 Å². The molecule has 0 saturated carbocycles. The fraction of sp³-hybridized carbons (Fsp3) is 0.125. The van der Waals surface area contributed by atoms with E-state index in [0.717, 1.165) is 5.56 Å². The SMILES string of the molecule is O=C(O)Nc1ccncc1C#CCOCc1ccccc1. The maximum absolute atomic E-state index is 10.6. The normalized spacial score (nSPS) is 9.52. The van der Waals surface area contributed by atoms with Gasteiger partial charge in [-0.1, -0.05) is 42.2 Å². The lowest BCUT2D eigenvalue weighted by molar-refractivity contribution is 0.153. The molecule has 2 aromatic rings. The lowest BCUT2D eigenvalue weighted by atomic mass is 10.2. The third kappa shape index (κ3) is 4.97. The zero-order valence-electron chi connectivity index (χ0n) is 11.2. The molecule has 0 unspecified atom stereocenters. The highest BCUT2D eigenvalue weighted by atomic mass is 16.5. The third-order valence-electron chi connectivity index (χ3n) is 2.57. The molecular weight excluding hydrogens is 268 g/mol. The van der Waals surface area contributed by atoms with Crippen LogP contribution in [0.3, 0.4) is 0 Å². The van der Waals surface area contributed by atoms with Gasteiger partial charge in [-0.15, -0.1) is 0 Å². The minimum Gasteiger partial charge on any atom is -0.465 e. The quantitative estimate of drug-likeness (QED) is 0.668. The number of nitrogens with zero attached hydrogens (tertiary/aromatic N) is 1. The van der Waals surface area contributed by atoms with E-state index in [1.807, 2.05) is 30.3 Å². The van der Waals surface area contributed by atoms with Gasteiger partial charge in [0.15, 0.2) is 0 Å². The maximum atomic E-state index is 10.6.